The molecule has 0 spiro atoms. The molecule has 0 unspecified atom stereocenters. The predicted octanol–water partition coefficient (Wildman–Crippen LogP) is 1.94. The Kier molecular flexibility index (Phi) is 3.53. The zero-order valence-electron chi connectivity index (χ0n) is 7.96. The van der Waals surface area contributed by atoms with Crippen molar-refractivity contribution in [3.05, 3.63) is 35.4 Å². The van der Waals surface area contributed by atoms with E-state index in [1.807, 2.05) is 31.2 Å². The first kappa shape index (κ1) is 9.81. The summed E-state index contributed by atoms with van der Waals surface area (Å²) in [7, 11) is 0. The Bertz CT molecular complexity index is 303. The van der Waals surface area contributed by atoms with E-state index in [1.54, 1.807) is 0 Å². The average molecular weight is 176 g/mol. The maximum atomic E-state index is 5.82. The van der Waals surface area contributed by atoms with Crippen molar-refractivity contribution in [1.82, 2.24) is 0 Å². The summed E-state index contributed by atoms with van der Waals surface area (Å²) in [6, 6.07) is 6.05. The molecule has 0 saturated heterocycles. The summed E-state index contributed by atoms with van der Waals surface area (Å²) in [5.74, 6) is 0. The number of benzene rings is 1. The first-order chi connectivity index (χ1) is 6.24. The summed E-state index contributed by atoms with van der Waals surface area (Å²) < 4.78 is 0. The lowest BCUT2D eigenvalue weighted by Gasteiger charge is -2.00. The molecule has 0 fully saturated rings. The second-order valence-corrected chi connectivity index (χ2v) is 3.11. The average Bonchev–Trinajstić information content (AvgIpc) is 2.09. The highest BCUT2D eigenvalue weighted by Crippen LogP contribution is 2.15. The van der Waals surface area contributed by atoms with E-state index in [1.165, 1.54) is 5.56 Å². The van der Waals surface area contributed by atoms with Gasteiger partial charge in [0.05, 0.1) is 0 Å². The summed E-state index contributed by atoms with van der Waals surface area (Å²) in [5, 5.41) is 0. The van der Waals surface area contributed by atoms with Crippen LogP contribution in [0.3, 0.4) is 0 Å². The molecule has 0 atom stereocenters. The van der Waals surface area contributed by atoms with E-state index in [2.05, 4.69) is 6.07 Å². The third kappa shape index (κ3) is 2.92. The van der Waals surface area contributed by atoms with Gasteiger partial charge in [0.15, 0.2) is 0 Å². The molecule has 0 aliphatic rings. The molecule has 0 aromatic heterocycles. The van der Waals surface area contributed by atoms with Crippen LogP contribution in [0.4, 0.5) is 5.69 Å². The van der Waals surface area contributed by atoms with Crippen LogP contribution in [0, 0.1) is 6.92 Å². The fraction of sp³-hybridized carbons (Fsp3) is 0.273. The van der Waals surface area contributed by atoms with Gasteiger partial charge in [0.25, 0.3) is 0 Å². The lowest BCUT2D eigenvalue weighted by atomic mass is 10.1. The number of aryl methyl sites for hydroxylation is 1. The van der Waals surface area contributed by atoms with E-state index in [9.17, 15) is 0 Å². The Morgan fingerprint density at radius 3 is 2.77 bits per heavy atom. The number of anilines is 1. The van der Waals surface area contributed by atoms with E-state index in [4.69, 9.17) is 11.5 Å². The minimum Gasteiger partial charge on any atom is -0.398 e. The lowest BCUT2D eigenvalue weighted by molar-refractivity contribution is 1.01. The number of rotatable bonds is 3. The minimum absolute atomic E-state index is 0.683. The van der Waals surface area contributed by atoms with E-state index in [0.29, 0.717) is 6.54 Å². The highest BCUT2D eigenvalue weighted by molar-refractivity contribution is 5.65. The third-order valence-corrected chi connectivity index (χ3v) is 1.87. The molecule has 0 aliphatic heterocycles. The van der Waals surface area contributed by atoms with Gasteiger partial charge in [-0.3, -0.25) is 0 Å². The summed E-state index contributed by atoms with van der Waals surface area (Å²) in [6.45, 7) is 2.71. The Hall–Kier alpha value is -1.28. The van der Waals surface area contributed by atoms with Crippen LogP contribution in [0.5, 0.6) is 0 Å². The van der Waals surface area contributed by atoms with Crippen molar-refractivity contribution >= 4 is 11.8 Å². The maximum Gasteiger partial charge on any atom is 0.0390 e. The second kappa shape index (κ2) is 4.67. The summed E-state index contributed by atoms with van der Waals surface area (Å²) in [4.78, 5) is 0. The zero-order valence-corrected chi connectivity index (χ0v) is 7.96. The van der Waals surface area contributed by atoms with Crippen LogP contribution in [-0.4, -0.2) is 6.54 Å². The second-order valence-electron chi connectivity index (χ2n) is 3.11. The van der Waals surface area contributed by atoms with Gasteiger partial charge in [0, 0.05) is 5.69 Å². The zero-order chi connectivity index (χ0) is 9.68. The number of nitrogens with two attached hydrogens (primary N) is 2. The molecule has 0 aliphatic carbocycles. The number of nitrogen functional groups attached to an aromatic ring is 1. The van der Waals surface area contributed by atoms with Crippen LogP contribution in [0.2, 0.25) is 0 Å². The van der Waals surface area contributed by atoms with Crippen LogP contribution >= 0.6 is 0 Å². The summed E-state index contributed by atoms with van der Waals surface area (Å²) >= 11 is 0. The lowest BCUT2D eigenvalue weighted by Crippen LogP contribution is -1.95. The van der Waals surface area contributed by atoms with Gasteiger partial charge >= 0.3 is 0 Å². The van der Waals surface area contributed by atoms with Gasteiger partial charge in [-0.05, 0) is 37.1 Å². The van der Waals surface area contributed by atoms with E-state index >= 15 is 0 Å². The van der Waals surface area contributed by atoms with Crippen LogP contribution in [0.1, 0.15) is 17.5 Å². The van der Waals surface area contributed by atoms with Crippen molar-refractivity contribution in [3.63, 3.8) is 0 Å². The Morgan fingerprint density at radius 1 is 1.38 bits per heavy atom. The topological polar surface area (TPSA) is 52.0 Å². The molecule has 0 heterocycles. The molecule has 2 heteroatoms. The first-order valence-electron chi connectivity index (χ1n) is 4.47. The highest BCUT2D eigenvalue weighted by Gasteiger charge is 1.93. The molecule has 0 amide bonds. The van der Waals surface area contributed by atoms with Gasteiger partial charge in [0.2, 0.25) is 0 Å². The van der Waals surface area contributed by atoms with Gasteiger partial charge in [-0.2, -0.15) is 0 Å². The maximum absolute atomic E-state index is 5.82. The monoisotopic (exact) mass is 176 g/mol. The third-order valence-electron chi connectivity index (χ3n) is 1.87. The molecule has 4 N–H and O–H groups in total. The Morgan fingerprint density at radius 2 is 2.15 bits per heavy atom. The van der Waals surface area contributed by atoms with E-state index < -0.39 is 0 Å². The van der Waals surface area contributed by atoms with Gasteiger partial charge < -0.3 is 11.5 Å². The van der Waals surface area contributed by atoms with Gasteiger partial charge in [-0.15, -0.1) is 0 Å². The normalized spacial score (nSPS) is 10.9. The molecule has 1 rings (SSSR count). The molecule has 0 radical (unpaired) electrons. The van der Waals surface area contributed by atoms with Crippen LogP contribution in [0.15, 0.2) is 24.3 Å². The number of hydrogen-bond donors (Lipinski definition) is 2. The van der Waals surface area contributed by atoms with Crippen molar-refractivity contribution in [1.29, 1.82) is 0 Å². The standard InChI is InChI=1S/C11H16N2/c1-9-5-6-10(11(13)8-9)4-2-3-7-12/h2,4-6,8H,3,7,12-13H2,1H3. The van der Waals surface area contributed by atoms with Crippen molar-refractivity contribution < 1.29 is 0 Å². The molecular formula is C11H16N2. The molecule has 13 heavy (non-hydrogen) atoms. The van der Waals surface area contributed by atoms with E-state index in [0.717, 1.165) is 17.7 Å². The summed E-state index contributed by atoms with van der Waals surface area (Å²) in [5.41, 5.74) is 14.3. The van der Waals surface area contributed by atoms with Crippen molar-refractivity contribution in [2.75, 3.05) is 12.3 Å². The molecule has 1 aromatic rings. The van der Waals surface area contributed by atoms with Gasteiger partial charge in [-0.1, -0.05) is 24.3 Å². The molecule has 0 saturated carbocycles. The SMILES string of the molecule is Cc1ccc(C=CCCN)c(N)c1. The molecule has 70 valence electrons. The fourth-order valence-electron chi connectivity index (χ4n) is 1.15. The Balaban J connectivity index is 2.77. The van der Waals surface area contributed by atoms with Crippen molar-refractivity contribution in [3.8, 4) is 0 Å². The van der Waals surface area contributed by atoms with Crippen LogP contribution in [0.25, 0.3) is 6.08 Å². The van der Waals surface area contributed by atoms with Crippen molar-refractivity contribution in [2.24, 2.45) is 5.73 Å². The molecule has 0 bridgehead atoms. The number of hydrogen-bond acceptors (Lipinski definition) is 2. The first-order valence-corrected chi connectivity index (χ1v) is 4.47. The highest BCUT2D eigenvalue weighted by atomic mass is 14.6. The quantitative estimate of drug-likeness (QED) is 0.691. The van der Waals surface area contributed by atoms with Crippen molar-refractivity contribution in [2.45, 2.75) is 13.3 Å². The van der Waals surface area contributed by atoms with E-state index in [-0.39, 0.29) is 0 Å². The molecule has 2 nitrogen and oxygen atoms in total. The molecule has 1 aromatic carbocycles. The Labute approximate surface area is 79.2 Å². The summed E-state index contributed by atoms with van der Waals surface area (Å²) in [6.07, 6.45) is 4.95. The predicted molar refractivity (Wildman–Crippen MR) is 58.3 cm³/mol. The van der Waals surface area contributed by atoms with Crippen LogP contribution < -0.4 is 11.5 Å². The minimum atomic E-state index is 0.683. The van der Waals surface area contributed by atoms with Crippen LogP contribution in [-0.2, 0) is 0 Å². The van der Waals surface area contributed by atoms with Gasteiger partial charge in [0.1, 0.15) is 0 Å². The molecular weight excluding hydrogens is 160 g/mol. The fourth-order valence-corrected chi connectivity index (χ4v) is 1.15. The van der Waals surface area contributed by atoms with Gasteiger partial charge in [-0.25, -0.2) is 0 Å². The smallest absolute Gasteiger partial charge is 0.0390 e. The largest absolute Gasteiger partial charge is 0.398 e.